The van der Waals surface area contributed by atoms with Crippen molar-refractivity contribution in [2.45, 2.75) is 31.5 Å². The first-order valence-electron chi connectivity index (χ1n) is 9.50. The van der Waals surface area contributed by atoms with Crippen molar-refractivity contribution in [1.82, 2.24) is 10.2 Å². The van der Waals surface area contributed by atoms with E-state index in [0.717, 1.165) is 25.1 Å². The van der Waals surface area contributed by atoms with Crippen molar-refractivity contribution in [3.63, 3.8) is 0 Å². The number of nitrogens with one attached hydrogen (secondary N) is 1. The van der Waals surface area contributed by atoms with Crippen LogP contribution in [0.2, 0.25) is 0 Å². The first-order chi connectivity index (χ1) is 13.1. The average molecular weight is 366 g/mol. The Morgan fingerprint density at radius 2 is 2.00 bits per heavy atom. The third-order valence-electron chi connectivity index (χ3n) is 5.53. The summed E-state index contributed by atoms with van der Waals surface area (Å²) in [6.07, 6.45) is 1.02. The van der Waals surface area contributed by atoms with Crippen molar-refractivity contribution in [2.24, 2.45) is 0 Å². The molecule has 27 heavy (non-hydrogen) atoms. The van der Waals surface area contributed by atoms with E-state index in [1.165, 1.54) is 5.56 Å². The summed E-state index contributed by atoms with van der Waals surface area (Å²) in [4.78, 5) is 15.2. The lowest BCUT2D eigenvalue weighted by atomic mass is 10.1. The summed E-state index contributed by atoms with van der Waals surface area (Å²) in [7, 11) is 1.60. The molecule has 0 radical (unpaired) electrons. The fourth-order valence-corrected chi connectivity index (χ4v) is 4.10. The number of ether oxygens (including phenoxy) is 2. The zero-order valence-electron chi connectivity index (χ0n) is 15.9. The second kappa shape index (κ2) is 7.71. The SMILES string of the molecule is COc1cc(C)ccc1C(=O)N[C@@H]1C[C@H]2CO[C@@H](c3ccccc3)CN2C1. The van der Waals surface area contributed by atoms with E-state index in [-0.39, 0.29) is 18.1 Å². The zero-order valence-corrected chi connectivity index (χ0v) is 15.9. The number of benzene rings is 2. The lowest BCUT2D eigenvalue weighted by Crippen LogP contribution is -2.43. The molecule has 0 unspecified atom stereocenters. The Morgan fingerprint density at radius 1 is 1.19 bits per heavy atom. The van der Waals surface area contributed by atoms with Crippen LogP contribution in [0.15, 0.2) is 48.5 Å². The highest BCUT2D eigenvalue weighted by Crippen LogP contribution is 2.30. The molecular weight excluding hydrogens is 340 g/mol. The van der Waals surface area contributed by atoms with Crippen LogP contribution in [0.4, 0.5) is 0 Å². The number of hydrogen-bond acceptors (Lipinski definition) is 4. The highest BCUT2D eigenvalue weighted by atomic mass is 16.5. The van der Waals surface area contributed by atoms with E-state index in [4.69, 9.17) is 9.47 Å². The number of nitrogens with zero attached hydrogens (tertiary/aromatic N) is 1. The molecule has 0 aromatic heterocycles. The molecule has 2 saturated heterocycles. The number of methoxy groups -OCH3 is 1. The van der Waals surface area contributed by atoms with Crippen LogP contribution in [0.3, 0.4) is 0 Å². The Balaban J connectivity index is 1.39. The molecule has 2 fully saturated rings. The van der Waals surface area contributed by atoms with E-state index in [9.17, 15) is 4.79 Å². The number of carbonyl (C=O) groups excluding carboxylic acids is 1. The van der Waals surface area contributed by atoms with Crippen LogP contribution >= 0.6 is 0 Å². The number of fused-ring (bicyclic) bond motifs is 1. The maximum atomic E-state index is 12.7. The second-order valence-corrected chi connectivity index (χ2v) is 7.45. The van der Waals surface area contributed by atoms with Gasteiger partial charge in [-0.25, -0.2) is 0 Å². The van der Waals surface area contributed by atoms with Gasteiger partial charge in [-0.3, -0.25) is 9.69 Å². The summed E-state index contributed by atoms with van der Waals surface area (Å²) in [6.45, 7) is 4.42. The predicted octanol–water partition coefficient (Wildman–Crippen LogP) is 2.95. The van der Waals surface area contributed by atoms with Gasteiger partial charge in [-0.15, -0.1) is 0 Å². The van der Waals surface area contributed by atoms with Crippen LogP contribution in [0.5, 0.6) is 5.75 Å². The molecule has 2 aliphatic rings. The molecule has 4 rings (SSSR count). The minimum atomic E-state index is -0.0720. The number of hydrogen-bond donors (Lipinski definition) is 1. The van der Waals surface area contributed by atoms with Crippen molar-refractivity contribution in [1.29, 1.82) is 0 Å². The van der Waals surface area contributed by atoms with Gasteiger partial charge in [0, 0.05) is 25.2 Å². The first-order valence-corrected chi connectivity index (χ1v) is 9.50. The standard InChI is InChI=1S/C22H26N2O3/c1-15-8-9-19(20(10-15)26-2)22(25)23-17-11-18-14-27-21(13-24(18)12-17)16-6-4-3-5-7-16/h3-10,17-18,21H,11-14H2,1-2H3,(H,23,25)/t17-,18+,21-/m1/s1. The minimum Gasteiger partial charge on any atom is -0.496 e. The monoisotopic (exact) mass is 366 g/mol. The van der Waals surface area contributed by atoms with Crippen LogP contribution in [0.1, 0.15) is 34.0 Å². The third kappa shape index (κ3) is 3.84. The smallest absolute Gasteiger partial charge is 0.255 e. The van der Waals surface area contributed by atoms with Gasteiger partial charge in [0.05, 0.1) is 25.4 Å². The molecular formula is C22H26N2O3. The molecule has 142 valence electrons. The highest BCUT2D eigenvalue weighted by molar-refractivity contribution is 5.97. The normalized spacial score (nSPS) is 25.0. The van der Waals surface area contributed by atoms with E-state index in [1.807, 2.05) is 43.3 Å². The van der Waals surface area contributed by atoms with Gasteiger partial charge in [0.1, 0.15) is 5.75 Å². The van der Waals surface area contributed by atoms with Crippen LogP contribution in [0.25, 0.3) is 0 Å². The van der Waals surface area contributed by atoms with E-state index in [0.29, 0.717) is 24.0 Å². The number of aryl methyl sites for hydroxylation is 1. The Kier molecular flexibility index (Phi) is 5.14. The lowest BCUT2D eigenvalue weighted by Gasteiger charge is -2.35. The molecule has 2 heterocycles. The quantitative estimate of drug-likeness (QED) is 0.904. The average Bonchev–Trinajstić information content (AvgIpc) is 3.09. The van der Waals surface area contributed by atoms with Crippen LogP contribution < -0.4 is 10.1 Å². The zero-order chi connectivity index (χ0) is 18.8. The molecule has 3 atom stereocenters. The molecule has 2 aromatic carbocycles. The predicted molar refractivity (Wildman–Crippen MR) is 104 cm³/mol. The summed E-state index contributed by atoms with van der Waals surface area (Å²) < 4.78 is 11.5. The van der Waals surface area contributed by atoms with Crippen molar-refractivity contribution in [2.75, 3.05) is 26.8 Å². The Labute approximate surface area is 160 Å². The van der Waals surface area contributed by atoms with Gasteiger partial charge in [0.2, 0.25) is 0 Å². The van der Waals surface area contributed by atoms with Gasteiger partial charge in [-0.2, -0.15) is 0 Å². The molecule has 2 aliphatic heterocycles. The summed E-state index contributed by atoms with van der Waals surface area (Å²) in [6, 6.07) is 16.5. The fraction of sp³-hybridized carbons (Fsp3) is 0.409. The maximum absolute atomic E-state index is 12.7. The largest absolute Gasteiger partial charge is 0.496 e. The summed E-state index contributed by atoms with van der Waals surface area (Å²) in [5.74, 6) is 0.549. The van der Waals surface area contributed by atoms with Gasteiger partial charge >= 0.3 is 0 Å². The number of carbonyl (C=O) groups is 1. The Morgan fingerprint density at radius 3 is 2.78 bits per heavy atom. The Hall–Kier alpha value is -2.37. The van der Waals surface area contributed by atoms with E-state index < -0.39 is 0 Å². The van der Waals surface area contributed by atoms with E-state index >= 15 is 0 Å². The maximum Gasteiger partial charge on any atom is 0.255 e. The Bertz CT molecular complexity index is 808. The van der Waals surface area contributed by atoms with Crippen molar-refractivity contribution < 1.29 is 14.3 Å². The molecule has 0 bridgehead atoms. The molecule has 0 aliphatic carbocycles. The fourth-order valence-electron chi connectivity index (χ4n) is 4.10. The highest BCUT2D eigenvalue weighted by Gasteiger charge is 2.38. The molecule has 1 amide bonds. The lowest BCUT2D eigenvalue weighted by molar-refractivity contribution is -0.0502. The topological polar surface area (TPSA) is 50.8 Å². The van der Waals surface area contributed by atoms with E-state index in [2.05, 4.69) is 22.3 Å². The number of amides is 1. The van der Waals surface area contributed by atoms with Gasteiger partial charge in [-0.1, -0.05) is 36.4 Å². The van der Waals surface area contributed by atoms with Crippen molar-refractivity contribution in [3.8, 4) is 5.75 Å². The van der Waals surface area contributed by atoms with Gasteiger partial charge in [0.15, 0.2) is 0 Å². The van der Waals surface area contributed by atoms with Crippen molar-refractivity contribution in [3.05, 3.63) is 65.2 Å². The number of morpholine rings is 1. The van der Waals surface area contributed by atoms with Gasteiger partial charge in [-0.05, 0) is 36.6 Å². The van der Waals surface area contributed by atoms with E-state index in [1.54, 1.807) is 7.11 Å². The minimum absolute atomic E-state index is 0.0720. The molecule has 5 heteroatoms. The van der Waals surface area contributed by atoms with Gasteiger partial charge < -0.3 is 14.8 Å². The van der Waals surface area contributed by atoms with Crippen molar-refractivity contribution >= 4 is 5.91 Å². The summed E-state index contributed by atoms with van der Waals surface area (Å²) in [5.41, 5.74) is 2.88. The van der Waals surface area contributed by atoms with Crippen LogP contribution in [0, 0.1) is 6.92 Å². The molecule has 2 aromatic rings. The van der Waals surface area contributed by atoms with Crippen LogP contribution in [-0.4, -0.2) is 49.7 Å². The van der Waals surface area contributed by atoms with Gasteiger partial charge in [0.25, 0.3) is 5.91 Å². The number of rotatable bonds is 4. The molecule has 0 saturated carbocycles. The summed E-state index contributed by atoms with van der Waals surface area (Å²) >= 11 is 0. The first kappa shape index (κ1) is 18.0. The van der Waals surface area contributed by atoms with Crippen LogP contribution in [-0.2, 0) is 4.74 Å². The second-order valence-electron chi connectivity index (χ2n) is 7.45. The molecule has 5 nitrogen and oxygen atoms in total. The summed E-state index contributed by atoms with van der Waals surface area (Å²) in [5, 5.41) is 3.18. The third-order valence-corrected chi connectivity index (χ3v) is 5.53. The molecule has 0 spiro atoms. The molecule has 1 N–H and O–H groups in total.